The normalized spacial score (nSPS) is 11.7. The summed E-state index contributed by atoms with van der Waals surface area (Å²) in [6.45, 7) is 4.64. The average molecular weight is 570 g/mol. The van der Waals surface area contributed by atoms with Crippen molar-refractivity contribution >= 4 is 21.4 Å². The second-order valence-electron chi connectivity index (χ2n) is 8.90. The van der Waals surface area contributed by atoms with Gasteiger partial charge in [-0.05, 0) is 48.4 Å². The summed E-state index contributed by atoms with van der Waals surface area (Å²) < 4.78 is 73.3. The fourth-order valence-electron chi connectivity index (χ4n) is 4.19. The third-order valence-electron chi connectivity index (χ3n) is 6.07. The molecule has 40 heavy (non-hydrogen) atoms. The van der Waals surface area contributed by atoms with Crippen LogP contribution in [0, 0.1) is 6.92 Å². The van der Waals surface area contributed by atoms with E-state index in [0.717, 1.165) is 11.6 Å². The van der Waals surface area contributed by atoms with Crippen molar-refractivity contribution in [2.45, 2.75) is 32.0 Å². The first kappa shape index (κ1) is 28.7. The van der Waals surface area contributed by atoms with E-state index in [-0.39, 0.29) is 22.3 Å². The Morgan fingerprint density at radius 3 is 2.08 bits per heavy atom. The first-order valence-electron chi connectivity index (χ1n) is 12.3. The molecule has 4 aromatic rings. The van der Waals surface area contributed by atoms with Crippen LogP contribution in [0.2, 0.25) is 0 Å². The molecule has 0 atom stereocenters. The number of halogens is 3. The van der Waals surface area contributed by atoms with E-state index in [1.807, 2.05) is 30.3 Å². The number of ether oxygens (including phenoxy) is 2. The summed E-state index contributed by atoms with van der Waals surface area (Å²) >= 11 is 0. The molecule has 0 fully saturated rings. The predicted molar refractivity (Wildman–Crippen MR) is 147 cm³/mol. The molecule has 6 nitrogen and oxygen atoms in total. The minimum atomic E-state index is -4.87. The Morgan fingerprint density at radius 1 is 0.850 bits per heavy atom. The average Bonchev–Trinajstić information content (AvgIpc) is 2.90. The van der Waals surface area contributed by atoms with Gasteiger partial charge in [0.15, 0.2) is 9.84 Å². The maximum absolute atomic E-state index is 12.8. The molecule has 4 rings (SSSR count). The third kappa shape index (κ3) is 6.63. The van der Waals surface area contributed by atoms with Gasteiger partial charge in [-0.1, -0.05) is 55.5 Å². The second kappa shape index (κ2) is 11.4. The molecule has 0 aromatic heterocycles. The molecule has 0 saturated heterocycles. The van der Waals surface area contributed by atoms with Gasteiger partial charge in [-0.3, -0.25) is 4.79 Å². The fraction of sp³-hybridized carbons (Fsp3) is 0.167. The van der Waals surface area contributed by atoms with Crippen LogP contribution < -0.4 is 14.8 Å². The highest BCUT2D eigenvalue weighted by Crippen LogP contribution is 2.45. The van der Waals surface area contributed by atoms with E-state index in [1.54, 1.807) is 32.0 Å². The Labute approximate surface area is 230 Å². The fourth-order valence-corrected chi connectivity index (χ4v) is 5.07. The minimum absolute atomic E-state index is 0.0397. The van der Waals surface area contributed by atoms with E-state index in [9.17, 15) is 26.4 Å². The lowest BCUT2D eigenvalue weighted by Crippen LogP contribution is -2.17. The first-order chi connectivity index (χ1) is 18.9. The molecule has 1 N–H and O–H groups in total. The highest BCUT2D eigenvalue weighted by Gasteiger charge is 2.31. The van der Waals surface area contributed by atoms with E-state index < -0.39 is 21.9 Å². The van der Waals surface area contributed by atoms with Crippen LogP contribution in [0.5, 0.6) is 17.2 Å². The van der Waals surface area contributed by atoms with E-state index >= 15 is 0 Å². The topological polar surface area (TPSA) is 81.7 Å². The highest BCUT2D eigenvalue weighted by molar-refractivity contribution is 7.91. The van der Waals surface area contributed by atoms with Gasteiger partial charge in [0.1, 0.15) is 17.2 Å². The van der Waals surface area contributed by atoms with E-state index in [4.69, 9.17) is 4.74 Å². The minimum Gasteiger partial charge on any atom is -0.456 e. The molecular weight excluding hydrogens is 543 g/mol. The molecule has 208 valence electrons. The molecule has 0 bridgehead atoms. The van der Waals surface area contributed by atoms with Crippen LogP contribution in [-0.4, -0.2) is 26.4 Å². The maximum Gasteiger partial charge on any atom is 0.573 e. The van der Waals surface area contributed by atoms with Gasteiger partial charge in [-0.15, -0.1) is 13.2 Å². The Balaban J connectivity index is 1.91. The van der Waals surface area contributed by atoms with Gasteiger partial charge in [0.05, 0.1) is 16.3 Å². The molecule has 0 aliphatic rings. The van der Waals surface area contributed by atoms with Crippen LogP contribution in [0.4, 0.5) is 18.9 Å². The molecule has 10 heteroatoms. The van der Waals surface area contributed by atoms with Gasteiger partial charge in [0.25, 0.3) is 0 Å². The molecule has 0 aliphatic heterocycles. The van der Waals surface area contributed by atoms with Crippen LogP contribution in [0.1, 0.15) is 19.4 Å². The predicted octanol–water partition coefficient (Wildman–Crippen LogP) is 7.77. The Morgan fingerprint density at radius 2 is 1.48 bits per heavy atom. The first-order valence-corrected chi connectivity index (χ1v) is 13.9. The SMILES string of the molecule is CCS(=O)(=O)c1ccc(-c2cc(-c3ccccc3)c(Oc3cccc(OC(F)(F)F)c3)c(C)c2NC(C)=O)cc1. The van der Waals surface area contributed by atoms with Crippen LogP contribution in [0.15, 0.2) is 89.8 Å². The van der Waals surface area contributed by atoms with Crippen molar-refractivity contribution < 1.29 is 35.9 Å². The monoisotopic (exact) mass is 569 g/mol. The molecule has 0 radical (unpaired) electrons. The molecule has 0 saturated carbocycles. The number of anilines is 1. The zero-order chi connectivity index (χ0) is 29.1. The standard InChI is InChI=1S/C30H26F3NO5S/c1-4-40(36,37)25-15-13-22(14-16-25)26-18-27(21-9-6-5-7-10-21)29(19(2)28(26)34-20(3)35)38-23-11-8-12-24(17-23)39-30(31,32)33/h5-18H,4H2,1-3H3,(H,34,35). The van der Waals surface area contributed by atoms with Crippen LogP contribution in [0.25, 0.3) is 22.3 Å². The number of hydrogen-bond acceptors (Lipinski definition) is 5. The molecular formula is C30H26F3NO5S. The third-order valence-corrected chi connectivity index (χ3v) is 7.82. The zero-order valence-electron chi connectivity index (χ0n) is 21.9. The lowest BCUT2D eigenvalue weighted by molar-refractivity contribution is -0.274. The summed E-state index contributed by atoms with van der Waals surface area (Å²) in [7, 11) is -3.41. The lowest BCUT2D eigenvalue weighted by Gasteiger charge is -2.22. The van der Waals surface area contributed by atoms with Crippen molar-refractivity contribution in [3.8, 4) is 39.5 Å². The number of alkyl halides is 3. The summed E-state index contributed by atoms with van der Waals surface area (Å²) in [4.78, 5) is 12.4. The van der Waals surface area contributed by atoms with Gasteiger partial charge >= 0.3 is 6.36 Å². The smallest absolute Gasteiger partial charge is 0.456 e. The molecule has 0 heterocycles. The number of amides is 1. The quantitative estimate of drug-likeness (QED) is 0.234. The van der Waals surface area contributed by atoms with Gasteiger partial charge in [0.2, 0.25) is 5.91 Å². The van der Waals surface area contributed by atoms with E-state index in [2.05, 4.69) is 10.1 Å². The molecule has 0 unspecified atom stereocenters. The molecule has 4 aromatic carbocycles. The Kier molecular flexibility index (Phi) is 8.20. The molecule has 0 aliphatic carbocycles. The van der Waals surface area contributed by atoms with Crippen molar-refractivity contribution in [3.63, 3.8) is 0 Å². The largest absolute Gasteiger partial charge is 0.573 e. The number of benzene rings is 4. The van der Waals surface area contributed by atoms with Gasteiger partial charge in [-0.2, -0.15) is 0 Å². The Bertz CT molecular complexity index is 1630. The zero-order valence-corrected chi connectivity index (χ0v) is 22.7. The van der Waals surface area contributed by atoms with Crippen LogP contribution in [0.3, 0.4) is 0 Å². The lowest BCUT2D eigenvalue weighted by atomic mass is 9.93. The number of carbonyl (C=O) groups excluding carboxylic acids is 1. The van der Waals surface area contributed by atoms with Crippen LogP contribution in [-0.2, 0) is 14.6 Å². The van der Waals surface area contributed by atoms with Crippen LogP contribution >= 0.6 is 0 Å². The number of sulfone groups is 1. The summed E-state index contributed by atoms with van der Waals surface area (Å²) in [5.74, 6) is -0.425. The number of rotatable bonds is 8. The summed E-state index contributed by atoms with van der Waals surface area (Å²) in [5, 5.41) is 2.83. The number of nitrogens with one attached hydrogen (secondary N) is 1. The van der Waals surface area contributed by atoms with Crippen molar-refractivity contribution in [3.05, 3.63) is 90.5 Å². The second-order valence-corrected chi connectivity index (χ2v) is 11.2. The summed E-state index contributed by atoms with van der Waals surface area (Å²) in [5.41, 5.74) is 3.54. The maximum atomic E-state index is 12.8. The summed E-state index contributed by atoms with van der Waals surface area (Å²) in [6, 6.07) is 22.5. The summed E-state index contributed by atoms with van der Waals surface area (Å²) in [6.07, 6.45) is -4.87. The molecule has 0 spiro atoms. The number of carbonyl (C=O) groups is 1. The van der Waals surface area contributed by atoms with Crippen molar-refractivity contribution in [1.29, 1.82) is 0 Å². The number of hydrogen-bond donors (Lipinski definition) is 1. The van der Waals surface area contributed by atoms with E-state index in [0.29, 0.717) is 33.7 Å². The Hall–Kier alpha value is -4.31. The van der Waals surface area contributed by atoms with Gasteiger partial charge in [-0.25, -0.2) is 8.42 Å². The highest BCUT2D eigenvalue weighted by atomic mass is 32.2. The molecule has 1 amide bonds. The van der Waals surface area contributed by atoms with Crippen molar-refractivity contribution in [2.24, 2.45) is 0 Å². The van der Waals surface area contributed by atoms with Crippen molar-refractivity contribution in [2.75, 3.05) is 11.1 Å². The van der Waals surface area contributed by atoms with Gasteiger partial charge < -0.3 is 14.8 Å². The van der Waals surface area contributed by atoms with Crippen molar-refractivity contribution in [1.82, 2.24) is 0 Å². The van der Waals surface area contributed by atoms with Gasteiger partial charge in [0, 0.05) is 29.7 Å². The van der Waals surface area contributed by atoms with E-state index in [1.165, 1.54) is 37.3 Å².